The molecule has 3 aromatic rings. The Bertz CT molecular complexity index is 930. The second kappa shape index (κ2) is 6.32. The molecule has 0 spiro atoms. The number of hydrogen-bond acceptors (Lipinski definition) is 4. The van der Waals surface area contributed by atoms with Crippen molar-refractivity contribution in [2.75, 3.05) is 5.32 Å². The average molecular weight is 354 g/mol. The van der Waals surface area contributed by atoms with Crippen LogP contribution in [0.15, 0.2) is 40.8 Å². The third kappa shape index (κ3) is 2.95. The molecular formula is C15H7ClF3N3O2. The molecule has 1 amide bonds. The third-order valence-corrected chi connectivity index (χ3v) is 3.34. The monoisotopic (exact) mass is 353 g/mol. The van der Waals surface area contributed by atoms with Crippen LogP contribution in [-0.2, 0) is 0 Å². The second-order valence-electron chi connectivity index (χ2n) is 4.57. The van der Waals surface area contributed by atoms with Crippen molar-refractivity contribution >= 4 is 23.2 Å². The van der Waals surface area contributed by atoms with E-state index in [0.29, 0.717) is 16.7 Å². The smallest absolute Gasteiger partial charge is 0.313 e. The number of halogens is 4. The van der Waals surface area contributed by atoms with Gasteiger partial charge in [-0.15, -0.1) is 10.2 Å². The fourth-order valence-corrected chi connectivity index (χ4v) is 2.07. The summed E-state index contributed by atoms with van der Waals surface area (Å²) in [7, 11) is 0. The van der Waals surface area contributed by atoms with Gasteiger partial charge in [-0.2, -0.15) is 0 Å². The first kappa shape index (κ1) is 16.0. The molecule has 0 aliphatic carbocycles. The summed E-state index contributed by atoms with van der Waals surface area (Å²) in [6.45, 7) is 0. The Morgan fingerprint density at radius 3 is 2.54 bits per heavy atom. The maximum atomic E-state index is 13.5. The van der Waals surface area contributed by atoms with E-state index in [1.54, 1.807) is 24.3 Å². The van der Waals surface area contributed by atoms with Gasteiger partial charge in [0.2, 0.25) is 5.89 Å². The van der Waals surface area contributed by atoms with E-state index in [-0.39, 0.29) is 5.89 Å². The van der Waals surface area contributed by atoms with Crippen LogP contribution in [0.1, 0.15) is 10.7 Å². The van der Waals surface area contributed by atoms with E-state index in [1.165, 1.54) is 0 Å². The van der Waals surface area contributed by atoms with Gasteiger partial charge in [0.1, 0.15) is 0 Å². The number of amides is 1. The highest BCUT2D eigenvalue weighted by Crippen LogP contribution is 2.26. The molecule has 1 aromatic heterocycles. The van der Waals surface area contributed by atoms with Gasteiger partial charge in [-0.3, -0.25) is 4.79 Å². The highest BCUT2D eigenvalue weighted by molar-refractivity contribution is 6.33. The Kier molecular flexibility index (Phi) is 4.22. The molecule has 0 saturated heterocycles. The van der Waals surface area contributed by atoms with E-state index in [1.807, 2.05) is 5.32 Å². The summed E-state index contributed by atoms with van der Waals surface area (Å²) >= 11 is 5.98. The van der Waals surface area contributed by atoms with Crippen LogP contribution in [-0.4, -0.2) is 16.1 Å². The number of nitrogens with zero attached hydrogens (tertiary/aromatic N) is 2. The Morgan fingerprint density at radius 1 is 1.04 bits per heavy atom. The first-order valence-corrected chi connectivity index (χ1v) is 6.88. The maximum Gasteiger partial charge on any atom is 0.313 e. The molecule has 122 valence electrons. The second-order valence-corrected chi connectivity index (χ2v) is 4.98. The van der Waals surface area contributed by atoms with Crippen molar-refractivity contribution in [3.05, 3.63) is 64.8 Å². The van der Waals surface area contributed by atoms with Gasteiger partial charge in [-0.25, -0.2) is 13.2 Å². The van der Waals surface area contributed by atoms with Crippen LogP contribution in [0.4, 0.5) is 18.9 Å². The molecule has 0 aliphatic rings. The highest BCUT2D eigenvalue weighted by atomic mass is 35.5. The van der Waals surface area contributed by atoms with Crippen molar-refractivity contribution in [3.63, 3.8) is 0 Å². The topological polar surface area (TPSA) is 68.0 Å². The number of hydrogen-bond donors (Lipinski definition) is 1. The highest BCUT2D eigenvalue weighted by Gasteiger charge is 2.20. The van der Waals surface area contributed by atoms with Crippen LogP contribution < -0.4 is 5.32 Å². The molecule has 2 aromatic carbocycles. The van der Waals surface area contributed by atoms with Crippen molar-refractivity contribution in [2.24, 2.45) is 0 Å². The zero-order valence-electron chi connectivity index (χ0n) is 11.7. The number of carbonyl (C=O) groups excluding carboxylic acids is 1. The van der Waals surface area contributed by atoms with Crippen LogP contribution in [0.2, 0.25) is 5.02 Å². The van der Waals surface area contributed by atoms with Crippen molar-refractivity contribution < 1.29 is 22.4 Å². The zero-order valence-corrected chi connectivity index (χ0v) is 12.4. The molecular weight excluding hydrogens is 347 g/mol. The van der Waals surface area contributed by atoms with Gasteiger partial charge >= 0.3 is 11.8 Å². The number of carbonyl (C=O) groups is 1. The predicted molar refractivity (Wildman–Crippen MR) is 79.0 cm³/mol. The minimum atomic E-state index is -1.70. The molecule has 0 radical (unpaired) electrons. The van der Waals surface area contributed by atoms with Crippen molar-refractivity contribution in [2.45, 2.75) is 0 Å². The molecule has 3 rings (SSSR count). The normalized spacial score (nSPS) is 10.7. The van der Waals surface area contributed by atoms with Crippen LogP contribution in [0.3, 0.4) is 0 Å². The van der Waals surface area contributed by atoms with Crippen molar-refractivity contribution in [1.29, 1.82) is 0 Å². The summed E-state index contributed by atoms with van der Waals surface area (Å²) in [5.41, 5.74) is -0.152. The van der Waals surface area contributed by atoms with Crippen LogP contribution in [0.25, 0.3) is 11.5 Å². The molecule has 0 saturated carbocycles. The van der Waals surface area contributed by atoms with Gasteiger partial charge in [0.15, 0.2) is 17.5 Å². The fourth-order valence-electron chi connectivity index (χ4n) is 1.86. The Labute approximate surface area is 138 Å². The lowest BCUT2D eigenvalue weighted by Crippen LogP contribution is -2.14. The Morgan fingerprint density at radius 2 is 1.79 bits per heavy atom. The van der Waals surface area contributed by atoms with E-state index in [4.69, 9.17) is 16.0 Å². The fraction of sp³-hybridized carbons (Fsp3) is 0. The number of anilines is 1. The molecule has 0 fully saturated rings. The van der Waals surface area contributed by atoms with E-state index >= 15 is 0 Å². The molecule has 5 nitrogen and oxygen atoms in total. The predicted octanol–water partition coefficient (Wildman–Crippen LogP) is 4.06. The van der Waals surface area contributed by atoms with E-state index in [0.717, 1.165) is 6.07 Å². The van der Waals surface area contributed by atoms with E-state index in [9.17, 15) is 18.0 Å². The summed E-state index contributed by atoms with van der Waals surface area (Å²) < 4.78 is 44.7. The van der Waals surface area contributed by atoms with Gasteiger partial charge in [-0.05, 0) is 24.3 Å². The van der Waals surface area contributed by atoms with Crippen LogP contribution in [0, 0.1) is 17.5 Å². The number of aromatic nitrogens is 2. The summed E-state index contributed by atoms with van der Waals surface area (Å²) in [6, 6.07) is 8.13. The number of benzene rings is 2. The van der Waals surface area contributed by atoms with Crippen molar-refractivity contribution in [1.82, 2.24) is 10.2 Å². The summed E-state index contributed by atoms with van der Waals surface area (Å²) in [5.74, 6) is -6.09. The molecule has 0 unspecified atom stereocenters. The van der Waals surface area contributed by atoms with Crippen molar-refractivity contribution in [3.8, 4) is 11.5 Å². The van der Waals surface area contributed by atoms with Gasteiger partial charge in [-0.1, -0.05) is 23.7 Å². The SMILES string of the molecule is O=C(Nc1ccc(F)c(F)c1F)c1nnc(-c2ccccc2Cl)o1. The molecule has 1 N–H and O–H groups in total. The van der Waals surface area contributed by atoms with Crippen LogP contribution >= 0.6 is 11.6 Å². The van der Waals surface area contributed by atoms with Gasteiger partial charge in [0.05, 0.1) is 16.3 Å². The average Bonchev–Trinajstić information content (AvgIpc) is 3.06. The van der Waals surface area contributed by atoms with Gasteiger partial charge < -0.3 is 9.73 Å². The molecule has 24 heavy (non-hydrogen) atoms. The van der Waals surface area contributed by atoms with E-state index < -0.39 is 34.9 Å². The lowest BCUT2D eigenvalue weighted by atomic mass is 10.2. The molecule has 0 atom stereocenters. The van der Waals surface area contributed by atoms with E-state index in [2.05, 4.69) is 10.2 Å². The number of nitrogens with one attached hydrogen (secondary N) is 1. The summed E-state index contributed by atoms with van der Waals surface area (Å²) in [4.78, 5) is 12.0. The Hall–Kier alpha value is -2.87. The largest absolute Gasteiger partial charge is 0.412 e. The zero-order chi connectivity index (χ0) is 17.3. The third-order valence-electron chi connectivity index (χ3n) is 3.01. The molecule has 0 aliphatic heterocycles. The van der Waals surface area contributed by atoms with Gasteiger partial charge in [0.25, 0.3) is 0 Å². The van der Waals surface area contributed by atoms with Crippen LogP contribution in [0.5, 0.6) is 0 Å². The number of rotatable bonds is 3. The Balaban J connectivity index is 1.85. The standard InChI is InChI=1S/C15H7ClF3N3O2/c16-8-4-2-1-3-7(8)14-21-22-15(24-14)13(23)20-10-6-5-9(17)11(18)12(10)19/h1-6H,(H,20,23). The first-order valence-electron chi connectivity index (χ1n) is 6.50. The summed E-state index contributed by atoms with van der Waals surface area (Å²) in [6.07, 6.45) is 0. The molecule has 0 bridgehead atoms. The lowest BCUT2D eigenvalue weighted by Gasteiger charge is -2.04. The van der Waals surface area contributed by atoms with Gasteiger partial charge in [0, 0.05) is 0 Å². The lowest BCUT2D eigenvalue weighted by molar-refractivity contribution is 0.0990. The minimum Gasteiger partial charge on any atom is -0.412 e. The summed E-state index contributed by atoms with van der Waals surface area (Å²) in [5, 5.41) is 9.55. The quantitative estimate of drug-likeness (QED) is 0.721. The molecule has 1 heterocycles. The maximum absolute atomic E-state index is 13.5. The minimum absolute atomic E-state index is 0.0171. The molecule has 9 heteroatoms. The first-order chi connectivity index (χ1) is 11.5.